The molecule has 0 saturated heterocycles. The summed E-state index contributed by atoms with van der Waals surface area (Å²) in [6, 6.07) is 16.4. The van der Waals surface area contributed by atoms with E-state index in [2.05, 4.69) is 31.5 Å². The molecule has 9 nitrogen and oxygen atoms in total. The number of carbonyl (C=O) groups excluding carboxylic acids is 2. The van der Waals surface area contributed by atoms with Crippen molar-refractivity contribution in [3.8, 4) is 22.5 Å². The van der Waals surface area contributed by atoms with Gasteiger partial charge in [0, 0.05) is 27.7 Å². The second-order valence-corrected chi connectivity index (χ2v) is 8.93. The molecular formula is C24H23BrN6O3. The molecule has 0 bridgehead atoms. The zero-order valence-corrected chi connectivity index (χ0v) is 20.2. The fraction of sp³-hybridized carbons (Fsp3) is 0.167. The van der Waals surface area contributed by atoms with Crippen LogP contribution in [0.5, 0.6) is 0 Å². The highest BCUT2D eigenvalue weighted by Gasteiger charge is 2.22. The van der Waals surface area contributed by atoms with E-state index in [-0.39, 0.29) is 35.6 Å². The molecule has 0 radical (unpaired) electrons. The standard InChI is InChI=1S/C24H23BrN6O3/c1-13(2)31-23(26)21(24(27)33)22(29-31)16-5-3-14(4-6-16)11-19(32)28-20-12-18(30-34-20)15-7-9-17(25)10-8-15/h3-10,12-13H,11,26H2,1-2H3,(H2,27,33)(H,28,32). The summed E-state index contributed by atoms with van der Waals surface area (Å²) >= 11 is 3.39. The fourth-order valence-electron chi connectivity index (χ4n) is 3.52. The van der Waals surface area contributed by atoms with E-state index in [1.165, 1.54) is 0 Å². The van der Waals surface area contributed by atoms with Gasteiger partial charge in [0.2, 0.25) is 11.8 Å². The van der Waals surface area contributed by atoms with Crippen LogP contribution in [0.15, 0.2) is 63.6 Å². The van der Waals surface area contributed by atoms with E-state index in [1.54, 1.807) is 35.0 Å². The smallest absolute Gasteiger partial charge is 0.254 e. The van der Waals surface area contributed by atoms with Crippen LogP contribution in [0.25, 0.3) is 22.5 Å². The first-order chi connectivity index (χ1) is 16.2. The predicted molar refractivity (Wildman–Crippen MR) is 133 cm³/mol. The number of hydrogen-bond acceptors (Lipinski definition) is 6. The van der Waals surface area contributed by atoms with Gasteiger partial charge in [-0.25, -0.2) is 4.68 Å². The average molecular weight is 523 g/mol. The van der Waals surface area contributed by atoms with Gasteiger partial charge in [-0.3, -0.25) is 14.9 Å². The third-order valence-electron chi connectivity index (χ3n) is 5.19. The van der Waals surface area contributed by atoms with E-state index >= 15 is 0 Å². The van der Waals surface area contributed by atoms with Gasteiger partial charge in [0.1, 0.15) is 22.8 Å². The average Bonchev–Trinajstić information content (AvgIpc) is 3.39. The third kappa shape index (κ3) is 4.86. The third-order valence-corrected chi connectivity index (χ3v) is 5.72. The molecule has 5 N–H and O–H groups in total. The van der Waals surface area contributed by atoms with Crippen LogP contribution >= 0.6 is 15.9 Å². The summed E-state index contributed by atoms with van der Waals surface area (Å²) in [5, 5.41) is 11.2. The molecule has 2 aromatic carbocycles. The Morgan fingerprint density at radius 1 is 1.09 bits per heavy atom. The number of benzene rings is 2. The van der Waals surface area contributed by atoms with Crippen molar-refractivity contribution < 1.29 is 14.1 Å². The summed E-state index contributed by atoms with van der Waals surface area (Å²) in [6.45, 7) is 3.83. The number of nitrogen functional groups attached to an aromatic ring is 1. The molecule has 0 aliphatic rings. The minimum absolute atomic E-state index is 0.0322. The molecule has 2 amide bonds. The maximum atomic E-state index is 12.5. The van der Waals surface area contributed by atoms with Gasteiger partial charge in [-0.1, -0.05) is 57.5 Å². The molecule has 4 aromatic rings. The van der Waals surface area contributed by atoms with Crippen molar-refractivity contribution in [2.24, 2.45) is 5.73 Å². The fourth-order valence-corrected chi connectivity index (χ4v) is 3.79. The Kier molecular flexibility index (Phi) is 6.51. The molecule has 0 spiro atoms. The van der Waals surface area contributed by atoms with Gasteiger partial charge in [-0.15, -0.1) is 0 Å². The van der Waals surface area contributed by atoms with Crippen LogP contribution in [0.3, 0.4) is 0 Å². The number of nitrogens with zero attached hydrogens (tertiary/aromatic N) is 3. The van der Waals surface area contributed by atoms with Crippen molar-refractivity contribution >= 4 is 39.4 Å². The predicted octanol–water partition coefficient (Wildman–Crippen LogP) is 4.41. The van der Waals surface area contributed by atoms with Crippen LogP contribution < -0.4 is 16.8 Å². The van der Waals surface area contributed by atoms with Gasteiger partial charge < -0.3 is 16.0 Å². The lowest BCUT2D eigenvalue weighted by atomic mass is 10.0. The van der Waals surface area contributed by atoms with E-state index in [1.807, 2.05) is 38.1 Å². The van der Waals surface area contributed by atoms with Gasteiger partial charge >= 0.3 is 0 Å². The Bertz CT molecular complexity index is 1340. The van der Waals surface area contributed by atoms with Crippen LogP contribution in [0.2, 0.25) is 0 Å². The quantitative estimate of drug-likeness (QED) is 0.328. The number of carbonyl (C=O) groups is 2. The van der Waals surface area contributed by atoms with E-state index in [4.69, 9.17) is 16.0 Å². The Hall–Kier alpha value is -3.92. The SMILES string of the molecule is CC(C)n1nc(-c2ccc(CC(=O)Nc3cc(-c4ccc(Br)cc4)no3)cc2)c(C(N)=O)c1N. The molecule has 0 saturated carbocycles. The second kappa shape index (κ2) is 9.52. The lowest BCUT2D eigenvalue weighted by Crippen LogP contribution is -2.15. The molecular weight excluding hydrogens is 500 g/mol. The highest BCUT2D eigenvalue weighted by Crippen LogP contribution is 2.29. The van der Waals surface area contributed by atoms with Crippen molar-refractivity contribution in [3.05, 3.63) is 70.2 Å². The second-order valence-electron chi connectivity index (χ2n) is 8.02. The zero-order valence-electron chi connectivity index (χ0n) is 18.6. The summed E-state index contributed by atoms with van der Waals surface area (Å²) in [7, 11) is 0. The molecule has 0 atom stereocenters. The zero-order chi connectivity index (χ0) is 24.4. The highest BCUT2D eigenvalue weighted by atomic mass is 79.9. The lowest BCUT2D eigenvalue weighted by molar-refractivity contribution is -0.115. The molecule has 0 unspecified atom stereocenters. The largest absolute Gasteiger partial charge is 0.383 e. The van der Waals surface area contributed by atoms with Crippen LogP contribution in [-0.4, -0.2) is 26.8 Å². The van der Waals surface area contributed by atoms with Gasteiger partial charge in [0.15, 0.2) is 0 Å². The van der Waals surface area contributed by atoms with Gasteiger partial charge in [-0.05, 0) is 31.5 Å². The van der Waals surface area contributed by atoms with Crippen LogP contribution in [0.1, 0.15) is 35.8 Å². The van der Waals surface area contributed by atoms with Crippen LogP contribution in [0, 0.1) is 0 Å². The van der Waals surface area contributed by atoms with E-state index in [0.29, 0.717) is 17.0 Å². The van der Waals surface area contributed by atoms with Crippen molar-refractivity contribution in [1.29, 1.82) is 0 Å². The number of nitrogens with one attached hydrogen (secondary N) is 1. The first-order valence-electron chi connectivity index (χ1n) is 10.5. The normalized spacial score (nSPS) is 11.1. The molecule has 2 aromatic heterocycles. The molecule has 2 heterocycles. The minimum atomic E-state index is -0.641. The number of aromatic nitrogens is 3. The molecule has 0 aliphatic heterocycles. The Labute approximate surface area is 204 Å². The van der Waals surface area contributed by atoms with Gasteiger partial charge in [0.05, 0.1) is 6.42 Å². The summed E-state index contributed by atoms with van der Waals surface area (Å²) in [5.41, 5.74) is 15.2. The summed E-state index contributed by atoms with van der Waals surface area (Å²) in [5.74, 6) is -0.398. The number of nitrogens with two attached hydrogens (primary N) is 2. The van der Waals surface area contributed by atoms with E-state index in [9.17, 15) is 9.59 Å². The van der Waals surface area contributed by atoms with Gasteiger partial charge in [-0.2, -0.15) is 5.10 Å². The highest BCUT2D eigenvalue weighted by molar-refractivity contribution is 9.10. The van der Waals surface area contributed by atoms with Crippen molar-refractivity contribution in [1.82, 2.24) is 14.9 Å². The first-order valence-corrected chi connectivity index (χ1v) is 11.3. The number of rotatable bonds is 7. The Balaban J connectivity index is 1.45. The molecule has 174 valence electrons. The van der Waals surface area contributed by atoms with Crippen molar-refractivity contribution in [3.63, 3.8) is 0 Å². The molecule has 4 rings (SSSR count). The molecule has 34 heavy (non-hydrogen) atoms. The number of amides is 2. The number of halogens is 1. The molecule has 0 aliphatic carbocycles. The number of hydrogen-bond donors (Lipinski definition) is 3. The Morgan fingerprint density at radius 3 is 2.35 bits per heavy atom. The Morgan fingerprint density at radius 2 is 1.74 bits per heavy atom. The van der Waals surface area contributed by atoms with Crippen molar-refractivity contribution in [2.45, 2.75) is 26.3 Å². The summed E-state index contributed by atoms with van der Waals surface area (Å²) in [6.07, 6.45) is 0.125. The van der Waals surface area contributed by atoms with Crippen molar-refractivity contribution in [2.75, 3.05) is 11.1 Å². The van der Waals surface area contributed by atoms with Crippen LogP contribution in [0.4, 0.5) is 11.7 Å². The monoisotopic (exact) mass is 522 g/mol. The number of anilines is 2. The maximum Gasteiger partial charge on any atom is 0.254 e. The number of primary amides is 1. The minimum Gasteiger partial charge on any atom is -0.383 e. The topological polar surface area (TPSA) is 142 Å². The molecule has 0 fully saturated rings. The van der Waals surface area contributed by atoms with Crippen LogP contribution in [-0.2, 0) is 11.2 Å². The van der Waals surface area contributed by atoms with E-state index < -0.39 is 5.91 Å². The lowest BCUT2D eigenvalue weighted by Gasteiger charge is -2.07. The van der Waals surface area contributed by atoms with Gasteiger partial charge in [0.25, 0.3) is 5.91 Å². The summed E-state index contributed by atoms with van der Waals surface area (Å²) in [4.78, 5) is 24.5. The maximum absolute atomic E-state index is 12.5. The summed E-state index contributed by atoms with van der Waals surface area (Å²) < 4.78 is 7.77. The van der Waals surface area contributed by atoms with E-state index in [0.717, 1.165) is 15.6 Å². The first kappa shape index (κ1) is 23.2. The molecule has 10 heteroatoms.